The van der Waals surface area contributed by atoms with Crippen LogP contribution >= 0.6 is 0 Å². The number of allylic oxidation sites excluding steroid dienone is 1. The average molecular weight is 500 g/mol. The first kappa shape index (κ1) is 27.1. The zero-order chi connectivity index (χ0) is 26.5. The van der Waals surface area contributed by atoms with Crippen LogP contribution in [-0.2, 0) is 9.59 Å². The van der Waals surface area contributed by atoms with Crippen LogP contribution in [0.3, 0.4) is 0 Å². The van der Waals surface area contributed by atoms with Crippen LogP contribution < -0.4 is 21.3 Å². The number of carbonyl (C=O) groups excluding carboxylic acids is 3. The summed E-state index contributed by atoms with van der Waals surface area (Å²) in [4.78, 5) is 43.7. The molecule has 1 heterocycles. The number of nitrogens with two attached hydrogens (primary N) is 1. The largest absolute Gasteiger partial charge is 0.402 e. The molecule has 2 amide bonds. The average Bonchev–Trinajstić information content (AvgIpc) is 3.62. The molecule has 1 unspecified atom stereocenters. The van der Waals surface area contributed by atoms with Crippen LogP contribution in [0.1, 0.15) is 49.9 Å². The quantitative estimate of drug-likeness (QED) is 0.220. The van der Waals surface area contributed by atoms with E-state index in [1.54, 1.807) is 19.1 Å². The number of aliphatic hydroxyl groups is 1. The normalized spacial score (nSPS) is 18.8. The number of hydrogen-bond donors (Lipinski definition) is 4. The smallest absolute Gasteiger partial charge is 0.255 e. The van der Waals surface area contributed by atoms with Gasteiger partial charge in [-0.25, -0.2) is 4.39 Å². The second kappa shape index (κ2) is 11.5. The van der Waals surface area contributed by atoms with Crippen LogP contribution in [0.15, 0.2) is 47.2 Å². The van der Waals surface area contributed by atoms with E-state index >= 15 is 0 Å². The van der Waals surface area contributed by atoms with Gasteiger partial charge in [0.25, 0.3) is 5.91 Å². The van der Waals surface area contributed by atoms with Crippen molar-refractivity contribution in [2.45, 2.75) is 51.2 Å². The topological polar surface area (TPSA) is 137 Å². The molecule has 0 bridgehead atoms. The minimum absolute atomic E-state index is 0.0926. The Morgan fingerprint density at radius 3 is 2.56 bits per heavy atom. The zero-order valence-corrected chi connectivity index (χ0v) is 20.7. The summed E-state index contributed by atoms with van der Waals surface area (Å²) >= 11 is 0. The van der Waals surface area contributed by atoms with Crippen LogP contribution in [0.4, 0.5) is 10.1 Å². The third-order valence-electron chi connectivity index (χ3n) is 6.64. The van der Waals surface area contributed by atoms with Gasteiger partial charge >= 0.3 is 0 Å². The minimum Gasteiger partial charge on any atom is -0.402 e. The fraction of sp³-hybridized carbons (Fsp3) is 0.462. The Hall–Kier alpha value is -3.53. The highest BCUT2D eigenvalue weighted by molar-refractivity contribution is 6.14. The van der Waals surface area contributed by atoms with Crippen molar-refractivity contribution in [1.29, 1.82) is 0 Å². The molecule has 5 N–H and O–H groups in total. The van der Waals surface area contributed by atoms with E-state index in [0.29, 0.717) is 38.2 Å². The zero-order valence-electron chi connectivity index (χ0n) is 20.7. The molecule has 2 fully saturated rings. The van der Waals surface area contributed by atoms with Gasteiger partial charge in [0.1, 0.15) is 17.5 Å². The summed E-state index contributed by atoms with van der Waals surface area (Å²) in [5.41, 5.74) is 5.70. The lowest BCUT2D eigenvalue weighted by Gasteiger charge is -2.35. The maximum Gasteiger partial charge on any atom is 0.255 e. The van der Waals surface area contributed by atoms with Gasteiger partial charge in [0.15, 0.2) is 5.78 Å². The number of Topliss-reactive ketones (excluding diaryl/α,β-unsaturated/α-hetero) is 1. The number of nitrogens with zero attached hydrogens (tertiary/aromatic N) is 2. The molecule has 1 saturated heterocycles. The van der Waals surface area contributed by atoms with Crippen LogP contribution in [-0.4, -0.2) is 60.2 Å². The van der Waals surface area contributed by atoms with Crippen molar-refractivity contribution < 1.29 is 23.9 Å². The molecule has 1 aliphatic heterocycles. The monoisotopic (exact) mass is 499 g/mol. The number of aliphatic imine (C=N–C) groups is 1. The van der Waals surface area contributed by atoms with Gasteiger partial charge in [0.05, 0.1) is 16.8 Å². The number of rotatable bonds is 10. The van der Waals surface area contributed by atoms with Crippen molar-refractivity contribution in [3.63, 3.8) is 0 Å². The first-order chi connectivity index (χ1) is 17.1. The Morgan fingerprint density at radius 2 is 2.00 bits per heavy atom. The number of nitrogens with one attached hydrogen (secondary N) is 2. The van der Waals surface area contributed by atoms with Crippen molar-refractivity contribution >= 4 is 29.5 Å². The second-order valence-electron chi connectivity index (χ2n) is 9.41. The van der Waals surface area contributed by atoms with E-state index in [9.17, 15) is 23.9 Å². The number of amides is 2. The van der Waals surface area contributed by atoms with Gasteiger partial charge in [-0.1, -0.05) is 12.6 Å². The van der Waals surface area contributed by atoms with Gasteiger partial charge in [0, 0.05) is 37.7 Å². The molecule has 10 heteroatoms. The molecule has 1 atom stereocenters. The summed E-state index contributed by atoms with van der Waals surface area (Å²) in [5.74, 6) is -1.79. The second-order valence-corrected chi connectivity index (χ2v) is 9.41. The van der Waals surface area contributed by atoms with Crippen LogP contribution in [0.5, 0.6) is 0 Å². The van der Waals surface area contributed by atoms with Gasteiger partial charge in [-0.3, -0.25) is 19.4 Å². The van der Waals surface area contributed by atoms with Crippen molar-refractivity contribution in [2.75, 3.05) is 24.5 Å². The summed E-state index contributed by atoms with van der Waals surface area (Å²) in [6, 6.07) is 4.45. The molecule has 1 saturated carbocycles. The first-order valence-corrected chi connectivity index (χ1v) is 12.1. The number of benzene rings is 1. The summed E-state index contributed by atoms with van der Waals surface area (Å²) < 4.78 is 14.4. The van der Waals surface area contributed by atoms with E-state index in [4.69, 9.17) is 5.73 Å². The highest BCUT2D eigenvalue weighted by Crippen LogP contribution is 2.36. The SMILES string of the molecule is C=CN=C/C(C(=O)NC1(C(=O)NCC2CCN(c3cccc(F)c3C(=O)C(C)O)CC2)CC1)=C(/C)N. The van der Waals surface area contributed by atoms with Gasteiger partial charge < -0.3 is 26.4 Å². The molecule has 1 aliphatic carbocycles. The molecule has 2 aliphatic rings. The first-order valence-electron chi connectivity index (χ1n) is 12.1. The molecular weight excluding hydrogens is 465 g/mol. The summed E-state index contributed by atoms with van der Waals surface area (Å²) in [5, 5.41) is 15.4. The van der Waals surface area contributed by atoms with Crippen molar-refractivity contribution in [1.82, 2.24) is 10.6 Å². The van der Waals surface area contributed by atoms with Crippen LogP contribution in [0.2, 0.25) is 0 Å². The highest BCUT2D eigenvalue weighted by Gasteiger charge is 2.51. The maximum atomic E-state index is 14.4. The van der Waals surface area contributed by atoms with Crippen LogP contribution in [0, 0.1) is 11.7 Å². The molecular formula is C26H34FN5O4. The van der Waals surface area contributed by atoms with Crippen molar-refractivity contribution in [3.8, 4) is 0 Å². The molecule has 1 aromatic carbocycles. The number of halogens is 1. The van der Waals surface area contributed by atoms with E-state index in [1.807, 2.05) is 4.90 Å². The summed E-state index contributed by atoms with van der Waals surface area (Å²) in [6.45, 7) is 8.00. The van der Waals surface area contributed by atoms with Gasteiger partial charge in [0.2, 0.25) is 5.91 Å². The Balaban J connectivity index is 1.55. The highest BCUT2D eigenvalue weighted by atomic mass is 19.1. The fourth-order valence-electron chi connectivity index (χ4n) is 4.30. The number of aliphatic hydroxyl groups excluding tert-OH is 1. The Bertz CT molecular complexity index is 1080. The van der Waals surface area contributed by atoms with Gasteiger partial charge in [-0.15, -0.1) is 0 Å². The minimum atomic E-state index is -1.29. The molecule has 1 aromatic rings. The molecule has 194 valence electrons. The number of carbonyl (C=O) groups is 3. The molecule has 3 rings (SSSR count). The molecule has 9 nitrogen and oxygen atoms in total. The Morgan fingerprint density at radius 1 is 1.33 bits per heavy atom. The third-order valence-corrected chi connectivity index (χ3v) is 6.64. The lowest BCUT2D eigenvalue weighted by Crippen LogP contribution is -2.51. The van der Waals surface area contributed by atoms with Gasteiger partial charge in [-0.05, 0) is 57.6 Å². The van der Waals surface area contributed by atoms with E-state index < -0.39 is 29.2 Å². The molecule has 36 heavy (non-hydrogen) atoms. The predicted octanol–water partition coefficient (Wildman–Crippen LogP) is 1.82. The van der Waals surface area contributed by atoms with E-state index in [2.05, 4.69) is 22.2 Å². The lowest BCUT2D eigenvalue weighted by atomic mass is 9.94. The number of anilines is 1. The van der Waals surface area contributed by atoms with E-state index in [0.717, 1.165) is 12.8 Å². The fourth-order valence-corrected chi connectivity index (χ4v) is 4.30. The summed E-state index contributed by atoms with van der Waals surface area (Å²) in [7, 11) is 0. The maximum absolute atomic E-state index is 14.4. The lowest BCUT2D eigenvalue weighted by molar-refractivity contribution is -0.128. The predicted molar refractivity (Wildman–Crippen MR) is 136 cm³/mol. The number of hydrogen-bond acceptors (Lipinski definition) is 7. The van der Waals surface area contributed by atoms with Crippen LogP contribution in [0.25, 0.3) is 0 Å². The van der Waals surface area contributed by atoms with Crippen molar-refractivity contribution in [3.05, 3.63) is 53.6 Å². The van der Waals surface area contributed by atoms with Crippen molar-refractivity contribution in [2.24, 2.45) is 16.6 Å². The van der Waals surface area contributed by atoms with E-state index in [1.165, 1.54) is 25.4 Å². The standard InChI is InChI=1S/C26H34FN5O4/c1-4-29-15-19(16(2)28)24(35)31-26(10-11-26)25(36)30-14-18-8-12-32(13-9-18)21-7-5-6-20(27)22(21)23(34)17(3)33/h4-7,15,17-18,33H,1,8-14,28H2,2-3H3,(H,30,36)(H,31,35)/b19-16+,29-15?. The number of ketones is 1. The summed E-state index contributed by atoms with van der Waals surface area (Å²) in [6.07, 6.45) is 3.86. The molecule has 0 radical (unpaired) electrons. The Labute approximate surface area is 210 Å². The van der Waals surface area contributed by atoms with Gasteiger partial charge in [-0.2, -0.15) is 0 Å². The molecule has 0 spiro atoms. The number of piperidine rings is 1. The molecule has 0 aromatic heterocycles. The Kier molecular flexibility index (Phi) is 8.62. The van der Waals surface area contributed by atoms with E-state index in [-0.39, 0.29) is 28.7 Å². The third kappa shape index (κ3) is 6.17.